The maximum absolute atomic E-state index is 12.9. The number of benzene rings is 2. The fourth-order valence-corrected chi connectivity index (χ4v) is 3.97. The van der Waals surface area contributed by atoms with E-state index in [0.29, 0.717) is 10.9 Å². The van der Waals surface area contributed by atoms with E-state index in [2.05, 4.69) is 31.8 Å². The molecule has 2 heterocycles. The molecule has 0 bridgehead atoms. The zero-order valence-electron chi connectivity index (χ0n) is 15.9. The Labute approximate surface area is 186 Å². The second-order valence-corrected chi connectivity index (χ2v) is 8.24. The van der Waals surface area contributed by atoms with E-state index in [-0.39, 0.29) is 17.6 Å². The molecule has 2 aromatic carbocycles. The van der Waals surface area contributed by atoms with E-state index in [4.69, 9.17) is 4.74 Å². The molecule has 10 heteroatoms. The van der Waals surface area contributed by atoms with E-state index in [1.807, 2.05) is 24.3 Å². The van der Waals surface area contributed by atoms with Crippen LogP contribution in [0.4, 0.5) is 11.4 Å². The molecule has 1 atom stereocenters. The normalized spacial score (nSPS) is 17.3. The molecule has 0 spiro atoms. The number of carbonyl (C=O) groups excluding carboxylic acids is 2. The van der Waals surface area contributed by atoms with Crippen LogP contribution in [0.5, 0.6) is 5.75 Å². The number of ether oxygens (including phenoxy) is 1. The zero-order valence-corrected chi connectivity index (χ0v) is 18.3. The Hall–Kier alpha value is -2.98. The molecular weight excluding hydrogens is 470 g/mol. The van der Waals surface area contributed by atoms with E-state index in [1.54, 1.807) is 53.6 Å². The van der Waals surface area contributed by atoms with Gasteiger partial charge in [0.05, 0.1) is 12.9 Å². The maximum atomic E-state index is 12.9. The van der Waals surface area contributed by atoms with Gasteiger partial charge in [-0.25, -0.2) is 0 Å². The largest absolute Gasteiger partial charge is 0.497 e. The summed E-state index contributed by atoms with van der Waals surface area (Å²) in [6.45, 7) is 0. The van der Waals surface area contributed by atoms with E-state index in [0.717, 1.165) is 15.9 Å². The summed E-state index contributed by atoms with van der Waals surface area (Å²) in [5.41, 5.74) is 4.30. The Morgan fingerprint density at radius 1 is 1.20 bits per heavy atom. The third kappa shape index (κ3) is 4.29. The highest BCUT2D eigenvalue weighted by atomic mass is 79.9. The molecule has 0 radical (unpaired) electrons. The fraction of sp³-hybridized carbons (Fsp3) is 0.150. The van der Waals surface area contributed by atoms with Crippen molar-refractivity contribution in [2.75, 3.05) is 23.1 Å². The predicted molar refractivity (Wildman–Crippen MR) is 121 cm³/mol. The van der Waals surface area contributed by atoms with Crippen molar-refractivity contribution in [3.05, 3.63) is 65.4 Å². The monoisotopic (exact) mass is 487 g/mol. The van der Waals surface area contributed by atoms with Crippen molar-refractivity contribution in [2.24, 2.45) is 5.10 Å². The lowest BCUT2D eigenvalue weighted by Crippen LogP contribution is -2.52. The van der Waals surface area contributed by atoms with Crippen LogP contribution in [0.25, 0.3) is 0 Å². The number of nitrogens with one attached hydrogen (secondary N) is 2. The molecule has 2 aromatic rings. The Balaban J connectivity index is 1.35. The van der Waals surface area contributed by atoms with Gasteiger partial charge in [0, 0.05) is 28.2 Å². The Kier molecular flexibility index (Phi) is 5.96. The van der Waals surface area contributed by atoms with E-state index < -0.39 is 6.17 Å². The zero-order chi connectivity index (χ0) is 21.1. The van der Waals surface area contributed by atoms with Crippen LogP contribution < -0.4 is 20.4 Å². The van der Waals surface area contributed by atoms with Crippen LogP contribution in [-0.4, -0.2) is 40.9 Å². The molecule has 0 aliphatic carbocycles. The first-order chi connectivity index (χ1) is 14.5. The van der Waals surface area contributed by atoms with Crippen molar-refractivity contribution in [3.63, 3.8) is 0 Å². The SMILES string of the molecule is COc1ccc(NC(=O)CSC2=NNC3C(=O)N(c4ccc(Br)cc4)C=CN23)cc1. The lowest BCUT2D eigenvalue weighted by atomic mass is 10.2. The van der Waals surface area contributed by atoms with Gasteiger partial charge in [-0.3, -0.25) is 24.8 Å². The van der Waals surface area contributed by atoms with Gasteiger partial charge < -0.3 is 10.1 Å². The van der Waals surface area contributed by atoms with Gasteiger partial charge in [0.15, 0.2) is 5.17 Å². The highest BCUT2D eigenvalue weighted by Gasteiger charge is 2.38. The minimum atomic E-state index is -0.634. The number of rotatable bonds is 5. The minimum Gasteiger partial charge on any atom is -0.497 e. The van der Waals surface area contributed by atoms with Crippen LogP contribution in [0.15, 0.2) is 70.5 Å². The standard InChI is InChI=1S/C20H18BrN5O3S/c1-29-16-8-4-14(5-9-16)22-17(27)12-30-20-24-23-18-19(28)25(10-11-26(18)20)15-6-2-13(21)3-7-15/h2-11,18,23H,12H2,1H3,(H,22,27). The Bertz CT molecular complexity index is 1010. The lowest BCUT2D eigenvalue weighted by molar-refractivity contribution is -0.122. The molecule has 4 rings (SSSR count). The lowest BCUT2D eigenvalue weighted by Gasteiger charge is -2.31. The summed E-state index contributed by atoms with van der Waals surface area (Å²) in [7, 11) is 1.59. The van der Waals surface area contributed by atoms with E-state index >= 15 is 0 Å². The number of anilines is 2. The molecule has 30 heavy (non-hydrogen) atoms. The van der Waals surface area contributed by atoms with Gasteiger partial charge in [-0.1, -0.05) is 27.7 Å². The summed E-state index contributed by atoms with van der Waals surface area (Å²) in [4.78, 5) is 28.4. The first kappa shape index (κ1) is 20.3. The summed E-state index contributed by atoms with van der Waals surface area (Å²) in [6.07, 6.45) is 2.84. The average Bonchev–Trinajstić information content (AvgIpc) is 3.18. The number of hydrogen-bond donors (Lipinski definition) is 2. The number of thioether (sulfide) groups is 1. The van der Waals surface area contributed by atoms with Crippen LogP contribution in [0.2, 0.25) is 0 Å². The summed E-state index contributed by atoms with van der Waals surface area (Å²) >= 11 is 4.65. The second-order valence-electron chi connectivity index (χ2n) is 6.38. The first-order valence-corrected chi connectivity index (χ1v) is 10.8. The van der Waals surface area contributed by atoms with Crippen LogP contribution in [0.1, 0.15) is 0 Å². The second kappa shape index (κ2) is 8.80. The third-order valence-electron chi connectivity index (χ3n) is 4.44. The molecule has 0 fully saturated rings. The van der Waals surface area contributed by atoms with Gasteiger partial charge in [-0.2, -0.15) is 5.10 Å². The highest BCUT2D eigenvalue weighted by Crippen LogP contribution is 2.26. The van der Waals surface area contributed by atoms with Gasteiger partial charge in [-0.15, -0.1) is 0 Å². The molecule has 2 aliphatic rings. The quantitative estimate of drug-likeness (QED) is 0.673. The van der Waals surface area contributed by atoms with Crippen molar-refractivity contribution in [1.29, 1.82) is 0 Å². The first-order valence-electron chi connectivity index (χ1n) is 9.00. The van der Waals surface area contributed by atoms with Crippen LogP contribution in [0, 0.1) is 0 Å². The summed E-state index contributed by atoms with van der Waals surface area (Å²) < 4.78 is 6.04. The van der Waals surface area contributed by atoms with Crippen molar-refractivity contribution < 1.29 is 14.3 Å². The number of carbonyl (C=O) groups is 2. The van der Waals surface area contributed by atoms with Crippen LogP contribution >= 0.6 is 27.7 Å². The molecule has 8 nitrogen and oxygen atoms in total. The van der Waals surface area contributed by atoms with Gasteiger partial charge in [-0.05, 0) is 48.5 Å². The summed E-state index contributed by atoms with van der Waals surface area (Å²) in [5, 5.41) is 7.61. The van der Waals surface area contributed by atoms with Crippen molar-refractivity contribution in [3.8, 4) is 5.75 Å². The topological polar surface area (TPSA) is 86.3 Å². The molecule has 2 N–H and O–H groups in total. The van der Waals surface area contributed by atoms with Gasteiger partial charge >= 0.3 is 0 Å². The van der Waals surface area contributed by atoms with Crippen LogP contribution in [-0.2, 0) is 9.59 Å². The molecule has 1 unspecified atom stereocenters. The van der Waals surface area contributed by atoms with Gasteiger partial charge in [0.1, 0.15) is 5.75 Å². The third-order valence-corrected chi connectivity index (χ3v) is 5.94. The maximum Gasteiger partial charge on any atom is 0.276 e. The molecular formula is C20H18BrN5O3S. The number of halogens is 1. The van der Waals surface area contributed by atoms with Crippen molar-refractivity contribution >= 4 is 56.0 Å². The van der Waals surface area contributed by atoms with Crippen LogP contribution in [0.3, 0.4) is 0 Å². The highest BCUT2D eigenvalue weighted by molar-refractivity contribution is 9.10. The van der Waals surface area contributed by atoms with Gasteiger partial charge in [0.2, 0.25) is 12.1 Å². The molecule has 0 aromatic heterocycles. The average molecular weight is 488 g/mol. The van der Waals surface area contributed by atoms with E-state index in [9.17, 15) is 9.59 Å². The number of amides is 2. The number of methoxy groups -OCH3 is 1. The number of hydrazone groups is 1. The molecule has 154 valence electrons. The number of fused-ring (bicyclic) bond motifs is 1. The van der Waals surface area contributed by atoms with Gasteiger partial charge in [0.25, 0.3) is 5.91 Å². The number of nitrogens with zero attached hydrogens (tertiary/aromatic N) is 3. The molecule has 0 saturated carbocycles. The number of hydrogen-bond acceptors (Lipinski definition) is 7. The summed E-state index contributed by atoms with van der Waals surface area (Å²) in [5.74, 6) is 0.564. The Morgan fingerprint density at radius 3 is 2.63 bits per heavy atom. The van der Waals surface area contributed by atoms with E-state index in [1.165, 1.54) is 11.8 Å². The predicted octanol–water partition coefficient (Wildman–Crippen LogP) is 3.15. The number of amidine groups is 1. The van der Waals surface area contributed by atoms with Crippen molar-refractivity contribution in [2.45, 2.75) is 6.17 Å². The summed E-state index contributed by atoms with van der Waals surface area (Å²) in [6, 6.07) is 14.6. The molecule has 2 amide bonds. The Morgan fingerprint density at radius 2 is 1.93 bits per heavy atom. The smallest absolute Gasteiger partial charge is 0.276 e. The molecule has 0 saturated heterocycles. The van der Waals surface area contributed by atoms with Crippen molar-refractivity contribution in [1.82, 2.24) is 10.3 Å². The minimum absolute atomic E-state index is 0.151. The molecule has 2 aliphatic heterocycles. The fourth-order valence-electron chi connectivity index (χ4n) is 2.94.